The predicted molar refractivity (Wildman–Crippen MR) is 65.8 cm³/mol. The Hall–Kier alpha value is 0.710. The van der Waals surface area contributed by atoms with Gasteiger partial charge in [0.15, 0.2) is 6.23 Å². The van der Waals surface area contributed by atoms with Crippen LogP contribution in [-0.2, 0) is 14.0 Å². The molecule has 10 nitrogen and oxygen atoms in total. The Kier molecular flexibility index (Phi) is 9.71. The van der Waals surface area contributed by atoms with Crippen LogP contribution in [-0.4, -0.2) is 39.3 Å². The smallest absolute Gasteiger partial charge is 0.809 e. The summed E-state index contributed by atoms with van der Waals surface area (Å²) in [6, 6.07) is 1.35. The maximum atomic E-state index is 11.7. The van der Waals surface area contributed by atoms with Gasteiger partial charge in [0.2, 0.25) is 0 Å². The third-order valence-electron chi connectivity index (χ3n) is 3.00. The van der Waals surface area contributed by atoms with Crippen LogP contribution in [0.2, 0.25) is 0 Å². The van der Waals surface area contributed by atoms with E-state index < -0.39 is 44.2 Å². The van der Waals surface area contributed by atoms with E-state index in [1.807, 2.05) is 0 Å². The van der Waals surface area contributed by atoms with E-state index in [1.54, 1.807) is 0 Å². The summed E-state index contributed by atoms with van der Waals surface area (Å²) in [5, 5.41) is 10.1. The topological polar surface area (TPSA) is 163 Å². The van der Waals surface area contributed by atoms with Crippen molar-refractivity contribution in [2.45, 2.75) is 31.5 Å². The molecule has 0 radical (unpaired) electrons. The van der Waals surface area contributed by atoms with Crippen LogP contribution < -0.4 is 80.3 Å². The number of aliphatic hydroxyl groups excluding tert-OH is 1. The fourth-order valence-electron chi connectivity index (χ4n) is 2.08. The van der Waals surface area contributed by atoms with Crippen molar-refractivity contribution in [3.05, 3.63) is 22.7 Å². The van der Waals surface area contributed by atoms with Gasteiger partial charge in [-0.15, -0.1) is 0 Å². The molecule has 0 spiro atoms. The monoisotopic (exact) mass is 365 g/mol. The molecular formula is C10H14N3Na2O7P. The average molecular weight is 365 g/mol. The molecule has 2 heterocycles. The number of ether oxygens (including phenoxy) is 2. The zero-order chi connectivity index (χ0) is 15.8. The summed E-state index contributed by atoms with van der Waals surface area (Å²) in [5.41, 5.74) is 4.63. The van der Waals surface area contributed by atoms with Gasteiger partial charge in [0, 0.05) is 6.20 Å². The van der Waals surface area contributed by atoms with Crippen molar-refractivity contribution in [2.24, 2.45) is 0 Å². The Bertz CT molecular complexity index is 625. The molecule has 0 saturated carbocycles. The number of nitrogens with zero attached hydrogens (tertiary/aromatic N) is 2. The molecule has 1 aromatic rings. The second kappa shape index (κ2) is 9.42. The molecule has 2 rings (SSSR count). The maximum absolute atomic E-state index is 11.7. The third-order valence-corrected chi connectivity index (χ3v) is 3.46. The summed E-state index contributed by atoms with van der Waals surface area (Å²) >= 11 is 0. The van der Waals surface area contributed by atoms with Crippen molar-refractivity contribution >= 4 is 13.4 Å². The van der Waals surface area contributed by atoms with Crippen molar-refractivity contribution in [1.29, 1.82) is 0 Å². The van der Waals surface area contributed by atoms with Crippen LogP contribution >= 0.6 is 7.60 Å². The van der Waals surface area contributed by atoms with Crippen LogP contribution in [0.5, 0.6) is 0 Å². The molecule has 0 amide bonds. The molecule has 0 bridgehead atoms. The van der Waals surface area contributed by atoms with E-state index in [1.165, 1.54) is 19.2 Å². The first kappa shape index (κ1) is 23.7. The van der Waals surface area contributed by atoms with Gasteiger partial charge >= 0.3 is 64.8 Å². The van der Waals surface area contributed by atoms with Crippen molar-refractivity contribution in [1.82, 2.24) is 9.55 Å². The number of rotatable bonds is 4. The van der Waals surface area contributed by atoms with Gasteiger partial charge in [-0.3, -0.25) is 4.57 Å². The van der Waals surface area contributed by atoms with E-state index in [0.29, 0.717) is 0 Å². The minimum Gasteiger partial charge on any atom is -0.809 e. The van der Waals surface area contributed by atoms with Crippen LogP contribution in [0, 0.1) is 0 Å². The fourth-order valence-corrected chi connectivity index (χ4v) is 2.43. The summed E-state index contributed by atoms with van der Waals surface area (Å²) in [7, 11) is -4.87. The Morgan fingerprint density at radius 2 is 2.13 bits per heavy atom. The van der Waals surface area contributed by atoms with Crippen molar-refractivity contribution < 1.29 is 88.0 Å². The van der Waals surface area contributed by atoms with Gasteiger partial charge in [0.25, 0.3) is 0 Å². The van der Waals surface area contributed by atoms with Gasteiger partial charge in [-0.05, 0) is 20.6 Å². The molecule has 0 aromatic carbocycles. The molecule has 1 aromatic heterocycles. The molecule has 0 unspecified atom stereocenters. The summed E-state index contributed by atoms with van der Waals surface area (Å²) < 4.78 is 21.9. The van der Waals surface area contributed by atoms with Crippen LogP contribution in [0.1, 0.15) is 13.2 Å². The second-order valence-electron chi connectivity index (χ2n) is 4.64. The normalized spacial score (nSPS) is 27.1. The van der Waals surface area contributed by atoms with Gasteiger partial charge in [0.05, 0.1) is 12.5 Å². The second-order valence-corrected chi connectivity index (χ2v) is 6.12. The summed E-state index contributed by atoms with van der Waals surface area (Å²) in [5.74, 6) is 0.0169. The molecule has 118 valence electrons. The summed E-state index contributed by atoms with van der Waals surface area (Å²) in [4.78, 5) is 36.4. The van der Waals surface area contributed by atoms with Crippen molar-refractivity contribution in [3.63, 3.8) is 0 Å². The minimum absolute atomic E-state index is 0. The Morgan fingerprint density at radius 1 is 1.52 bits per heavy atom. The molecule has 1 fully saturated rings. The number of hydrogen-bond donors (Lipinski definition) is 2. The van der Waals surface area contributed by atoms with E-state index in [0.717, 1.165) is 4.57 Å². The fraction of sp³-hybridized carbons (Fsp3) is 0.600. The summed E-state index contributed by atoms with van der Waals surface area (Å²) in [6.07, 6.45) is -4.00. The van der Waals surface area contributed by atoms with E-state index >= 15 is 0 Å². The van der Waals surface area contributed by atoms with Gasteiger partial charge in [-0.25, -0.2) is 4.79 Å². The predicted octanol–water partition coefficient (Wildman–Crippen LogP) is -8.63. The van der Waals surface area contributed by atoms with Crippen LogP contribution in [0.3, 0.4) is 0 Å². The molecule has 1 saturated heterocycles. The number of nitrogen functional groups attached to an aromatic ring is 1. The van der Waals surface area contributed by atoms with E-state index in [2.05, 4.69) is 4.98 Å². The third kappa shape index (κ3) is 6.18. The van der Waals surface area contributed by atoms with Crippen LogP contribution in [0.15, 0.2) is 17.1 Å². The molecule has 1 aliphatic rings. The minimum atomic E-state index is -4.87. The molecule has 1 aliphatic heterocycles. The molecule has 13 heteroatoms. The summed E-state index contributed by atoms with van der Waals surface area (Å²) in [6.45, 7) is 1.52. The van der Waals surface area contributed by atoms with Gasteiger partial charge in [0.1, 0.15) is 18.0 Å². The first-order valence-electron chi connectivity index (χ1n) is 6.00. The van der Waals surface area contributed by atoms with Crippen LogP contribution in [0.4, 0.5) is 5.82 Å². The molecule has 3 N–H and O–H groups in total. The van der Waals surface area contributed by atoms with E-state index in [-0.39, 0.29) is 64.9 Å². The van der Waals surface area contributed by atoms with E-state index in [4.69, 9.17) is 15.2 Å². The standard InChI is InChI=1S/C10H16N3O7P.2Na/c1-5-8(19-4-21(16,17)18)7(14)9(20-5)13-3-2-6(11)12-10(13)15;;/h2-3,5,7-9,14H,4H2,1H3,(H2,11,12,15)(H2,16,17,18);;/q;2*+1/p-2/t5-,7-,8+,9-;;/m1../s1. The number of aliphatic hydroxyl groups is 1. The van der Waals surface area contributed by atoms with Crippen molar-refractivity contribution in [3.8, 4) is 0 Å². The SMILES string of the molecule is C[C@H]1O[C@@H](n2ccc(N)nc2=O)[C@H](O)[C@H]1OCP(=O)([O-])[O-].[Na+].[Na+]. The van der Waals surface area contributed by atoms with Gasteiger partial charge < -0.3 is 34.7 Å². The largest absolute Gasteiger partial charge is 1.00 e. The molecular weight excluding hydrogens is 351 g/mol. The van der Waals surface area contributed by atoms with Gasteiger partial charge in [-0.2, -0.15) is 4.98 Å². The zero-order valence-electron chi connectivity index (χ0n) is 13.0. The Labute approximate surface area is 176 Å². The van der Waals surface area contributed by atoms with Gasteiger partial charge in [-0.1, -0.05) is 0 Å². The zero-order valence-corrected chi connectivity index (χ0v) is 17.9. The maximum Gasteiger partial charge on any atom is 1.00 e. The Morgan fingerprint density at radius 3 is 2.65 bits per heavy atom. The first-order chi connectivity index (χ1) is 9.69. The number of nitrogens with two attached hydrogens (primary N) is 1. The molecule has 23 heavy (non-hydrogen) atoms. The number of anilines is 1. The van der Waals surface area contributed by atoms with Crippen LogP contribution in [0.25, 0.3) is 0 Å². The van der Waals surface area contributed by atoms with E-state index in [9.17, 15) is 24.3 Å². The van der Waals surface area contributed by atoms with Crippen molar-refractivity contribution in [2.75, 3.05) is 12.1 Å². The first-order valence-corrected chi connectivity index (χ1v) is 7.73. The number of hydrogen-bond acceptors (Lipinski definition) is 9. The Balaban J connectivity index is 0.00000242. The average Bonchev–Trinajstić information content (AvgIpc) is 2.61. The quantitative estimate of drug-likeness (QED) is 0.390. The molecule has 0 aliphatic carbocycles. The molecule has 4 atom stereocenters. The number of aromatic nitrogens is 2.